The van der Waals surface area contributed by atoms with Crippen LogP contribution in [-0.2, 0) is 16.1 Å². The highest BCUT2D eigenvalue weighted by Gasteiger charge is 2.38. The number of amides is 2. The Kier molecular flexibility index (Phi) is 6.20. The Morgan fingerprint density at radius 3 is 2.70 bits per heavy atom. The van der Waals surface area contributed by atoms with Crippen LogP contribution in [0.4, 0.5) is 0 Å². The minimum Gasteiger partial charge on any atom is -0.391 e. The van der Waals surface area contributed by atoms with E-state index in [1.807, 2.05) is 36.7 Å². The molecule has 3 N–H and O–H groups in total. The van der Waals surface area contributed by atoms with Crippen LogP contribution in [0.3, 0.4) is 0 Å². The molecule has 1 aliphatic heterocycles. The molecule has 144 valence electrons. The molecule has 2 atom stereocenters. The molecular weight excluding hydrogens is 364 g/mol. The van der Waals surface area contributed by atoms with E-state index < -0.39 is 12.1 Å². The van der Waals surface area contributed by atoms with E-state index in [2.05, 4.69) is 15.6 Å². The van der Waals surface area contributed by atoms with Crippen molar-refractivity contribution in [2.24, 2.45) is 0 Å². The molecule has 2 unspecified atom stereocenters. The van der Waals surface area contributed by atoms with Crippen LogP contribution in [0.2, 0.25) is 0 Å². The summed E-state index contributed by atoms with van der Waals surface area (Å²) in [4.78, 5) is 31.5. The van der Waals surface area contributed by atoms with E-state index in [0.717, 1.165) is 21.7 Å². The maximum absolute atomic E-state index is 12.5. The summed E-state index contributed by atoms with van der Waals surface area (Å²) in [5, 5.41) is 15.5. The first kappa shape index (κ1) is 19.5. The van der Waals surface area contributed by atoms with Crippen molar-refractivity contribution in [2.75, 3.05) is 20.1 Å². The van der Waals surface area contributed by atoms with Crippen LogP contribution in [0.5, 0.6) is 0 Å². The summed E-state index contributed by atoms with van der Waals surface area (Å²) in [5.41, 5.74) is 4.91. The maximum atomic E-state index is 12.5. The van der Waals surface area contributed by atoms with Gasteiger partial charge in [0.15, 0.2) is 0 Å². The van der Waals surface area contributed by atoms with Gasteiger partial charge in [-0.15, -0.1) is 11.3 Å². The molecule has 1 aliphatic rings. The van der Waals surface area contributed by atoms with Gasteiger partial charge in [-0.1, -0.05) is 24.3 Å². The van der Waals surface area contributed by atoms with Gasteiger partial charge in [-0.25, -0.2) is 4.98 Å². The van der Waals surface area contributed by atoms with Crippen molar-refractivity contribution in [3.05, 3.63) is 41.0 Å². The number of hydrogen-bond acceptors (Lipinski definition) is 6. The van der Waals surface area contributed by atoms with Gasteiger partial charge in [0.1, 0.15) is 6.04 Å². The predicted octanol–water partition coefficient (Wildman–Crippen LogP) is 0.916. The Hall–Kier alpha value is -2.29. The highest BCUT2D eigenvalue weighted by atomic mass is 32.1. The van der Waals surface area contributed by atoms with Gasteiger partial charge in [-0.3, -0.25) is 9.59 Å². The molecule has 0 radical (unpaired) electrons. The summed E-state index contributed by atoms with van der Waals surface area (Å²) in [6.07, 6.45) is -0.395. The zero-order chi connectivity index (χ0) is 19.4. The normalized spacial score (nSPS) is 19.3. The average Bonchev–Trinajstić information content (AvgIpc) is 3.26. The quantitative estimate of drug-likeness (QED) is 0.684. The van der Waals surface area contributed by atoms with Crippen molar-refractivity contribution in [3.63, 3.8) is 0 Å². The van der Waals surface area contributed by atoms with Gasteiger partial charge in [0.05, 0.1) is 28.7 Å². The van der Waals surface area contributed by atoms with Crippen molar-refractivity contribution in [3.8, 4) is 10.4 Å². The fraction of sp³-hybridized carbons (Fsp3) is 0.421. The Bertz CT molecular complexity index is 806. The zero-order valence-corrected chi connectivity index (χ0v) is 16.3. The minimum absolute atomic E-state index is 0.148. The first-order valence-corrected chi connectivity index (χ1v) is 9.76. The lowest BCUT2D eigenvalue weighted by molar-refractivity contribution is -0.137. The molecule has 2 amide bonds. The van der Waals surface area contributed by atoms with Gasteiger partial charge < -0.3 is 20.6 Å². The summed E-state index contributed by atoms with van der Waals surface area (Å²) in [5.74, 6) is -0.420. The number of likely N-dealkylation sites (N-methyl/N-ethyl adjacent to an activating group) is 1. The molecule has 0 aliphatic carbocycles. The average molecular weight is 388 g/mol. The van der Waals surface area contributed by atoms with Crippen LogP contribution in [0, 0.1) is 6.92 Å². The molecule has 1 aromatic carbocycles. The fourth-order valence-electron chi connectivity index (χ4n) is 3.25. The SMILES string of the molecule is CNCC(=O)N1CC(O)CC1C(=O)NCc1ccc(-c2scnc2C)cc1. The van der Waals surface area contributed by atoms with Crippen LogP contribution in [0.25, 0.3) is 10.4 Å². The second-order valence-corrected chi connectivity index (χ2v) is 7.52. The summed E-state index contributed by atoms with van der Waals surface area (Å²) < 4.78 is 0. The molecule has 7 nitrogen and oxygen atoms in total. The summed E-state index contributed by atoms with van der Waals surface area (Å²) in [7, 11) is 1.68. The Morgan fingerprint density at radius 2 is 2.07 bits per heavy atom. The van der Waals surface area contributed by atoms with Crippen LogP contribution in [-0.4, -0.2) is 59.1 Å². The number of aliphatic hydroxyl groups is 1. The number of aliphatic hydroxyl groups excluding tert-OH is 1. The largest absolute Gasteiger partial charge is 0.391 e. The van der Waals surface area contributed by atoms with E-state index in [1.165, 1.54) is 4.90 Å². The number of likely N-dealkylation sites (tertiary alicyclic amines) is 1. The number of β-amino-alcohol motifs (C(OH)–C–C–N with tert-alkyl or cyclic N) is 1. The minimum atomic E-state index is -0.663. The molecule has 0 bridgehead atoms. The monoisotopic (exact) mass is 388 g/mol. The number of benzene rings is 1. The van der Waals surface area contributed by atoms with Crippen LogP contribution >= 0.6 is 11.3 Å². The topological polar surface area (TPSA) is 94.6 Å². The van der Waals surface area contributed by atoms with Crippen molar-refractivity contribution < 1.29 is 14.7 Å². The van der Waals surface area contributed by atoms with Crippen LogP contribution in [0.15, 0.2) is 29.8 Å². The van der Waals surface area contributed by atoms with E-state index in [-0.39, 0.29) is 31.3 Å². The van der Waals surface area contributed by atoms with E-state index in [0.29, 0.717) is 6.54 Å². The standard InChI is InChI=1S/C19H24N4O3S/c1-12-18(27-11-22-12)14-5-3-13(4-6-14)8-21-19(26)16-7-15(24)10-23(16)17(25)9-20-2/h3-6,11,15-16,20,24H,7-10H2,1-2H3,(H,21,26). The van der Waals surface area contributed by atoms with Crippen molar-refractivity contribution in [1.29, 1.82) is 0 Å². The second kappa shape index (κ2) is 8.60. The molecule has 1 saturated heterocycles. The third kappa shape index (κ3) is 4.52. The van der Waals surface area contributed by atoms with E-state index >= 15 is 0 Å². The Balaban J connectivity index is 1.60. The molecule has 1 fully saturated rings. The van der Waals surface area contributed by atoms with Gasteiger partial charge in [0, 0.05) is 19.5 Å². The van der Waals surface area contributed by atoms with Gasteiger partial charge in [-0.05, 0) is 25.1 Å². The third-order valence-electron chi connectivity index (χ3n) is 4.66. The molecule has 1 aromatic heterocycles. The number of carbonyl (C=O) groups is 2. The van der Waals surface area contributed by atoms with Crippen molar-refractivity contribution in [1.82, 2.24) is 20.5 Å². The summed E-state index contributed by atoms with van der Waals surface area (Å²) >= 11 is 1.60. The second-order valence-electron chi connectivity index (χ2n) is 6.66. The maximum Gasteiger partial charge on any atom is 0.243 e. The number of hydrogen-bond donors (Lipinski definition) is 3. The zero-order valence-electron chi connectivity index (χ0n) is 15.4. The summed E-state index contributed by atoms with van der Waals surface area (Å²) in [6, 6.07) is 7.36. The molecular formula is C19H24N4O3S. The molecule has 27 heavy (non-hydrogen) atoms. The van der Waals surface area contributed by atoms with E-state index in [4.69, 9.17) is 0 Å². The number of aryl methyl sites for hydroxylation is 1. The molecule has 0 saturated carbocycles. The lowest BCUT2D eigenvalue weighted by Gasteiger charge is -2.23. The van der Waals surface area contributed by atoms with Crippen LogP contribution < -0.4 is 10.6 Å². The number of nitrogens with one attached hydrogen (secondary N) is 2. The molecule has 8 heteroatoms. The van der Waals surface area contributed by atoms with E-state index in [9.17, 15) is 14.7 Å². The smallest absolute Gasteiger partial charge is 0.243 e. The highest BCUT2D eigenvalue weighted by Crippen LogP contribution is 2.27. The van der Waals surface area contributed by atoms with Gasteiger partial charge in [0.2, 0.25) is 11.8 Å². The number of carbonyl (C=O) groups excluding carboxylic acids is 2. The number of rotatable bonds is 6. The summed E-state index contributed by atoms with van der Waals surface area (Å²) in [6.45, 7) is 2.70. The highest BCUT2D eigenvalue weighted by molar-refractivity contribution is 7.13. The molecule has 0 spiro atoms. The van der Waals surface area contributed by atoms with E-state index in [1.54, 1.807) is 18.4 Å². The van der Waals surface area contributed by atoms with Gasteiger partial charge in [-0.2, -0.15) is 0 Å². The lowest BCUT2D eigenvalue weighted by atomic mass is 10.1. The first-order chi connectivity index (χ1) is 13.0. The number of nitrogens with zero attached hydrogens (tertiary/aromatic N) is 2. The van der Waals surface area contributed by atoms with Gasteiger partial charge >= 0.3 is 0 Å². The fourth-order valence-corrected chi connectivity index (χ4v) is 4.06. The molecule has 2 aromatic rings. The first-order valence-electron chi connectivity index (χ1n) is 8.89. The molecule has 3 rings (SSSR count). The van der Waals surface area contributed by atoms with Crippen molar-refractivity contribution >= 4 is 23.2 Å². The molecule has 2 heterocycles. The number of thiazole rings is 1. The van der Waals surface area contributed by atoms with Crippen LogP contribution in [0.1, 0.15) is 17.7 Å². The van der Waals surface area contributed by atoms with Crippen molar-refractivity contribution in [2.45, 2.75) is 32.0 Å². The Labute approximate surface area is 162 Å². The Morgan fingerprint density at radius 1 is 1.33 bits per heavy atom. The van der Waals surface area contributed by atoms with Gasteiger partial charge in [0.25, 0.3) is 0 Å². The predicted molar refractivity (Wildman–Crippen MR) is 104 cm³/mol. The lowest BCUT2D eigenvalue weighted by Crippen LogP contribution is -2.48. The third-order valence-corrected chi connectivity index (χ3v) is 5.64. The number of aromatic nitrogens is 1.